The Morgan fingerprint density at radius 1 is 1.56 bits per heavy atom. The lowest BCUT2D eigenvalue weighted by Crippen LogP contribution is -2.32. The summed E-state index contributed by atoms with van der Waals surface area (Å²) >= 11 is 0. The van der Waals surface area contributed by atoms with Crippen LogP contribution in [0.5, 0.6) is 0 Å². The molecule has 0 bridgehead atoms. The molecule has 0 aromatic heterocycles. The Kier molecular flexibility index (Phi) is 1.55. The van der Waals surface area contributed by atoms with Gasteiger partial charge in [0, 0.05) is 12.4 Å². The molecule has 0 spiro atoms. The van der Waals surface area contributed by atoms with Gasteiger partial charge in [0.2, 0.25) is 0 Å². The molecule has 1 aliphatic heterocycles. The molecule has 0 aliphatic carbocycles. The van der Waals surface area contributed by atoms with E-state index in [0.717, 1.165) is 5.70 Å². The molecule has 1 heterocycles. The number of hydrazine groups is 2. The predicted molar refractivity (Wildman–Crippen MR) is 36.6 cm³/mol. The van der Waals surface area contributed by atoms with Crippen molar-refractivity contribution >= 4 is 0 Å². The molecular weight excluding hydrogens is 114 g/mol. The number of allylic oxidation sites excluding steroid dienone is 1. The van der Waals surface area contributed by atoms with Crippen LogP contribution in [0, 0.1) is 0 Å². The second-order valence-electron chi connectivity index (χ2n) is 1.58. The molecule has 2 N–H and O–H groups in total. The van der Waals surface area contributed by atoms with Gasteiger partial charge in [-0.3, -0.25) is 5.01 Å². The molecule has 0 amide bonds. The first-order chi connectivity index (χ1) is 4.38. The molecule has 0 unspecified atom stereocenters. The minimum Gasteiger partial charge on any atom is -0.309 e. The van der Waals surface area contributed by atoms with Crippen LogP contribution in [0.15, 0.2) is 37.3 Å². The monoisotopic (exact) mass is 123 g/mol. The highest BCUT2D eigenvalue weighted by atomic mass is 15.7. The Hall–Kier alpha value is -1.22. The molecule has 0 fully saturated rings. The van der Waals surface area contributed by atoms with Crippen LogP contribution in [0.25, 0.3) is 0 Å². The molecule has 1 rings (SSSR count). The van der Waals surface area contributed by atoms with E-state index in [9.17, 15) is 0 Å². The lowest BCUT2D eigenvalue weighted by molar-refractivity contribution is 0.352. The zero-order chi connectivity index (χ0) is 6.69. The maximum absolute atomic E-state index is 3.60. The topological polar surface area (TPSA) is 27.3 Å². The molecule has 0 saturated carbocycles. The molecule has 0 radical (unpaired) electrons. The van der Waals surface area contributed by atoms with E-state index in [-0.39, 0.29) is 0 Å². The van der Waals surface area contributed by atoms with Crippen molar-refractivity contribution in [1.29, 1.82) is 0 Å². The maximum atomic E-state index is 3.60. The Labute approximate surface area is 54.3 Å². The van der Waals surface area contributed by atoms with E-state index >= 15 is 0 Å². The van der Waals surface area contributed by atoms with Gasteiger partial charge in [-0.2, -0.15) is 0 Å². The van der Waals surface area contributed by atoms with Crippen LogP contribution in [-0.4, -0.2) is 5.01 Å². The number of nitrogens with one attached hydrogen (secondary N) is 2. The fourth-order valence-corrected chi connectivity index (χ4v) is 0.618. The average Bonchev–Trinajstić information content (AvgIpc) is 2.33. The van der Waals surface area contributed by atoms with Crippen molar-refractivity contribution in [3.8, 4) is 0 Å². The lowest BCUT2D eigenvalue weighted by atomic mass is 10.4. The first kappa shape index (κ1) is 5.91. The van der Waals surface area contributed by atoms with Crippen molar-refractivity contribution < 1.29 is 0 Å². The summed E-state index contributed by atoms with van der Waals surface area (Å²) in [6, 6.07) is 0. The molecule has 3 nitrogen and oxygen atoms in total. The molecule has 48 valence electrons. The summed E-state index contributed by atoms with van der Waals surface area (Å²) in [6.45, 7) is 7.18. The van der Waals surface area contributed by atoms with Crippen LogP contribution < -0.4 is 11.0 Å². The number of nitrogens with zero attached hydrogens (tertiary/aromatic N) is 1. The molecule has 0 aromatic rings. The van der Waals surface area contributed by atoms with Gasteiger partial charge < -0.3 is 5.43 Å². The second kappa shape index (κ2) is 2.37. The van der Waals surface area contributed by atoms with Crippen LogP contribution in [0.2, 0.25) is 0 Å². The molecule has 1 aliphatic rings. The number of hydrogen-bond donors (Lipinski definition) is 2. The quantitative estimate of drug-likeness (QED) is 0.559. The van der Waals surface area contributed by atoms with Crippen molar-refractivity contribution in [2.45, 2.75) is 0 Å². The third-order valence-electron chi connectivity index (χ3n) is 1.07. The third-order valence-corrected chi connectivity index (χ3v) is 1.07. The van der Waals surface area contributed by atoms with Gasteiger partial charge in [-0.1, -0.05) is 13.2 Å². The fourth-order valence-electron chi connectivity index (χ4n) is 0.618. The van der Waals surface area contributed by atoms with E-state index in [4.69, 9.17) is 0 Å². The van der Waals surface area contributed by atoms with E-state index in [1.807, 2.05) is 0 Å². The van der Waals surface area contributed by atoms with Gasteiger partial charge in [0.15, 0.2) is 0 Å². The Morgan fingerprint density at radius 3 is 2.78 bits per heavy atom. The van der Waals surface area contributed by atoms with Crippen LogP contribution in [0.3, 0.4) is 0 Å². The summed E-state index contributed by atoms with van der Waals surface area (Å²) in [7, 11) is 0. The lowest BCUT2D eigenvalue weighted by Gasteiger charge is -2.11. The second-order valence-corrected chi connectivity index (χ2v) is 1.58. The molecule has 0 atom stereocenters. The van der Waals surface area contributed by atoms with Gasteiger partial charge in [0.05, 0.1) is 5.70 Å². The molecule has 0 saturated heterocycles. The Bertz CT molecular complexity index is 160. The van der Waals surface area contributed by atoms with Gasteiger partial charge in [0.25, 0.3) is 0 Å². The summed E-state index contributed by atoms with van der Waals surface area (Å²) in [5, 5.41) is 1.73. The van der Waals surface area contributed by atoms with Crippen LogP contribution in [0.1, 0.15) is 0 Å². The molecule has 9 heavy (non-hydrogen) atoms. The van der Waals surface area contributed by atoms with Crippen molar-refractivity contribution in [2.24, 2.45) is 0 Å². The third kappa shape index (κ3) is 0.948. The normalized spacial score (nSPS) is 16.4. The van der Waals surface area contributed by atoms with Crippen molar-refractivity contribution in [2.75, 3.05) is 0 Å². The van der Waals surface area contributed by atoms with Crippen molar-refractivity contribution in [3.05, 3.63) is 37.3 Å². The van der Waals surface area contributed by atoms with E-state index in [1.165, 1.54) is 0 Å². The maximum Gasteiger partial charge on any atom is 0.0754 e. The van der Waals surface area contributed by atoms with E-state index < -0.39 is 0 Å². The summed E-state index contributed by atoms with van der Waals surface area (Å²) in [5.41, 5.74) is 6.57. The smallest absolute Gasteiger partial charge is 0.0754 e. The Morgan fingerprint density at radius 2 is 2.33 bits per heavy atom. The van der Waals surface area contributed by atoms with Gasteiger partial charge in [-0.25, -0.2) is 0 Å². The number of rotatable bonds is 2. The molecule has 3 heteroatoms. The van der Waals surface area contributed by atoms with E-state index in [0.29, 0.717) is 0 Å². The SMILES string of the molecule is C=CC1=CNNN1C=C. The minimum absolute atomic E-state index is 0.963. The van der Waals surface area contributed by atoms with Gasteiger partial charge in [-0.05, 0) is 6.08 Å². The largest absolute Gasteiger partial charge is 0.309 e. The predicted octanol–water partition coefficient (Wildman–Crippen LogP) is 0.482. The zero-order valence-electron chi connectivity index (χ0n) is 5.09. The standard InChI is InChI=1S/C6H9N3/c1-3-6-5-7-8-9(6)4-2/h3-5,7-8H,1-2H2. The average molecular weight is 123 g/mol. The van der Waals surface area contributed by atoms with Crippen LogP contribution >= 0.6 is 0 Å². The van der Waals surface area contributed by atoms with Gasteiger partial charge in [0.1, 0.15) is 0 Å². The highest BCUT2D eigenvalue weighted by molar-refractivity contribution is 5.17. The van der Waals surface area contributed by atoms with Gasteiger partial charge >= 0.3 is 0 Å². The first-order valence-corrected chi connectivity index (χ1v) is 2.64. The first-order valence-electron chi connectivity index (χ1n) is 2.64. The Balaban J connectivity index is 2.67. The minimum atomic E-state index is 0.963. The number of hydrogen-bond acceptors (Lipinski definition) is 3. The summed E-state index contributed by atoms with van der Waals surface area (Å²) in [6.07, 6.45) is 5.19. The highest BCUT2D eigenvalue weighted by Gasteiger charge is 2.05. The molecule has 0 aromatic carbocycles. The summed E-state index contributed by atoms with van der Waals surface area (Å²) in [4.78, 5) is 0. The van der Waals surface area contributed by atoms with Crippen LogP contribution in [-0.2, 0) is 0 Å². The molecular formula is C6H9N3. The van der Waals surface area contributed by atoms with Crippen LogP contribution in [0.4, 0.5) is 0 Å². The zero-order valence-corrected chi connectivity index (χ0v) is 5.09. The van der Waals surface area contributed by atoms with Gasteiger partial charge in [-0.15, -0.1) is 5.53 Å². The van der Waals surface area contributed by atoms with Crippen molar-refractivity contribution in [1.82, 2.24) is 16.0 Å². The highest BCUT2D eigenvalue weighted by Crippen LogP contribution is 2.03. The van der Waals surface area contributed by atoms with Crippen molar-refractivity contribution in [3.63, 3.8) is 0 Å². The fraction of sp³-hybridized carbons (Fsp3) is 0. The van der Waals surface area contributed by atoms with E-state index in [1.54, 1.807) is 23.5 Å². The summed E-state index contributed by atoms with van der Waals surface area (Å²) in [5.74, 6) is 0. The van der Waals surface area contributed by atoms with E-state index in [2.05, 4.69) is 24.1 Å². The summed E-state index contributed by atoms with van der Waals surface area (Å²) < 4.78 is 0.